The van der Waals surface area contributed by atoms with Gasteiger partial charge in [-0.05, 0) is 29.1 Å². The summed E-state index contributed by atoms with van der Waals surface area (Å²) >= 11 is 13.3. The zero-order valence-electron chi connectivity index (χ0n) is 6.63. The van der Waals surface area contributed by atoms with Gasteiger partial charge in [-0.1, -0.05) is 35.3 Å². The smallest absolute Gasteiger partial charge is 0.101 e. The van der Waals surface area contributed by atoms with Crippen LogP contribution < -0.4 is 0 Å². The number of benzene rings is 1. The summed E-state index contributed by atoms with van der Waals surface area (Å²) in [6, 6.07) is 9.68. The van der Waals surface area contributed by atoms with Crippen molar-refractivity contribution in [2.45, 2.75) is 0 Å². The van der Waals surface area contributed by atoms with Crippen molar-refractivity contribution in [2.24, 2.45) is 0 Å². The van der Waals surface area contributed by atoms with Crippen molar-refractivity contribution >= 4 is 34.5 Å². The highest BCUT2D eigenvalue weighted by molar-refractivity contribution is 7.15. The molecule has 0 atom stereocenters. The van der Waals surface area contributed by atoms with Gasteiger partial charge in [-0.2, -0.15) is 0 Å². The Balaban J connectivity index is 2.47. The van der Waals surface area contributed by atoms with E-state index in [4.69, 9.17) is 23.2 Å². The van der Waals surface area contributed by atoms with E-state index in [0.29, 0.717) is 0 Å². The molecule has 0 nitrogen and oxygen atoms in total. The third-order valence-electron chi connectivity index (χ3n) is 1.77. The van der Waals surface area contributed by atoms with Gasteiger partial charge in [0.15, 0.2) is 0 Å². The lowest BCUT2D eigenvalue weighted by Crippen LogP contribution is -1.72. The molecule has 1 aromatic heterocycles. The molecule has 0 aliphatic heterocycles. The zero-order chi connectivity index (χ0) is 9.26. The van der Waals surface area contributed by atoms with Crippen molar-refractivity contribution in [2.75, 3.05) is 0 Å². The topological polar surface area (TPSA) is 0 Å². The predicted octanol–water partition coefficient (Wildman–Crippen LogP) is 4.72. The Bertz CT molecular complexity index is 403. The Labute approximate surface area is 90.7 Å². The van der Waals surface area contributed by atoms with Crippen LogP contribution in [-0.2, 0) is 0 Å². The average Bonchev–Trinajstić information content (AvgIpc) is 2.53. The largest absolute Gasteiger partial charge is 0.131 e. The summed E-state index contributed by atoms with van der Waals surface area (Å²) < 4.78 is 0.822. The highest BCUT2D eigenvalue weighted by Gasteiger charge is 2.03. The van der Waals surface area contributed by atoms with Crippen LogP contribution in [0.3, 0.4) is 0 Å². The molecule has 0 aliphatic carbocycles. The molecular formula is C10H6Cl2S. The lowest BCUT2D eigenvalue weighted by Gasteiger charge is -1.98. The minimum Gasteiger partial charge on any atom is -0.131 e. The summed E-state index contributed by atoms with van der Waals surface area (Å²) in [6.45, 7) is 0. The van der Waals surface area contributed by atoms with Crippen LogP contribution in [0, 0.1) is 0 Å². The molecule has 2 rings (SSSR count). The van der Waals surface area contributed by atoms with Crippen molar-refractivity contribution < 1.29 is 0 Å². The highest BCUT2D eigenvalue weighted by atomic mass is 35.5. The Morgan fingerprint density at radius 2 is 1.62 bits per heavy atom. The summed E-state index contributed by atoms with van der Waals surface area (Å²) in [4.78, 5) is 0. The van der Waals surface area contributed by atoms with E-state index in [-0.39, 0.29) is 0 Å². The van der Waals surface area contributed by atoms with Crippen LogP contribution in [0.5, 0.6) is 0 Å². The predicted molar refractivity (Wildman–Crippen MR) is 59.8 cm³/mol. The molecule has 0 fully saturated rings. The SMILES string of the molecule is Clc1ccc(-c2ccsc2Cl)cc1. The van der Waals surface area contributed by atoms with E-state index in [2.05, 4.69) is 0 Å². The molecule has 3 heteroatoms. The zero-order valence-corrected chi connectivity index (χ0v) is 8.96. The van der Waals surface area contributed by atoms with Gasteiger partial charge in [0, 0.05) is 10.6 Å². The minimum atomic E-state index is 0.745. The van der Waals surface area contributed by atoms with Gasteiger partial charge in [-0.25, -0.2) is 0 Å². The number of thiophene rings is 1. The van der Waals surface area contributed by atoms with Gasteiger partial charge in [0.25, 0.3) is 0 Å². The first-order valence-corrected chi connectivity index (χ1v) is 5.40. The molecule has 1 aromatic carbocycles. The van der Waals surface area contributed by atoms with Gasteiger partial charge in [0.2, 0.25) is 0 Å². The van der Waals surface area contributed by atoms with E-state index in [1.54, 1.807) is 0 Å². The summed E-state index contributed by atoms with van der Waals surface area (Å²) in [7, 11) is 0. The van der Waals surface area contributed by atoms with Gasteiger partial charge in [-0.3, -0.25) is 0 Å². The molecule has 0 unspecified atom stereocenters. The monoisotopic (exact) mass is 228 g/mol. The molecule has 2 aromatic rings. The Morgan fingerprint density at radius 1 is 0.923 bits per heavy atom. The van der Waals surface area contributed by atoms with Gasteiger partial charge in [-0.15, -0.1) is 11.3 Å². The first kappa shape index (κ1) is 9.07. The van der Waals surface area contributed by atoms with E-state index in [1.807, 2.05) is 35.7 Å². The molecule has 13 heavy (non-hydrogen) atoms. The normalized spacial score (nSPS) is 10.3. The van der Waals surface area contributed by atoms with Crippen LogP contribution in [0.25, 0.3) is 11.1 Å². The van der Waals surface area contributed by atoms with E-state index in [0.717, 1.165) is 20.5 Å². The van der Waals surface area contributed by atoms with Crippen LogP contribution in [0.15, 0.2) is 35.7 Å². The fourth-order valence-electron chi connectivity index (χ4n) is 1.13. The van der Waals surface area contributed by atoms with Gasteiger partial charge < -0.3 is 0 Å². The third-order valence-corrected chi connectivity index (χ3v) is 3.20. The first-order valence-electron chi connectivity index (χ1n) is 3.76. The Hall–Kier alpha value is -0.500. The Kier molecular flexibility index (Phi) is 2.58. The van der Waals surface area contributed by atoms with Crippen LogP contribution in [0.2, 0.25) is 9.36 Å². The molecule has 0 radical (unpaired) electrons. The van der Waals surface area contributed by atoms with Crippen molar-refractivity contribution in [1.82, 2.24) is 0 Å². The summed E-state index contributed by atoms with van der Waals surface area (Å²) in [6.07, 6.45) is 0. The first-order chi connectivity index (χ1) is 6.27. The summed E-state index contributed by atoms with van der Waals surface area (Å²) in [5.41, 5.74) is 2.18. The molecule has 0 aliphatic rings. The average molecular weight is 229 g/mol. The van der Waals surface area contributed by atoms with Crippen LogP contribution in [0.1, 0.15) is 0 Å². The van der Waals surface area contributed by atoms with E-state index < -0.39 is 0 Å². The number of hydrogen-bond donors (Lipinski definition) is 0. The van der Waals surface area contributed by atoms with Crippen LogP contribution >= 0.6 is 34.5 Å². The highest BCUT2D eigenvalue weighted by Crippen LogP contribution is 2.32. The molecule has 0 saturated carbocycles. The molecule has 0 N–H and O–H groups in total. The molecular weight excluding hydrogens is 223 g/mol. The lowest BCUT2D eigenvalue weighted by atomic mass is 10.1. The second-order valence-corrected chi connectivity index (χ2v) is 4.57. The fourth-order valence-corrected chi connectivity index (χ4v) is 2.22. The number of hydrogen-bond acceptors (Lipinski definition) is 1. The maximum atomic E-state index is 6.00. The maximum absolute atomic E-state index is 6.00. The maximum Gasteiger partial charge on any atom is 0.101 e. The molecule has 0 spiro atoms. The van der Waals surface area contributed by atoms with Gasteiger partial charge in [0.05, 0.1) is 0 Å². The second kappa shape index (κ2) is 3.70. The van der Waals surface area contributed by atoms with Crippen molar-refractivity contribution in [3.63, 3.8) is 0 Å². The van der Waals surface area contributed by atoms with E-state index >= 15 is 0 Å². The molecule has 0 amide bonds. The van der Waals surface area contributed by atoms with E-state index in [1.165, 1.54) is 11.3 Å². The fraction of sp³-hybridized carbons (Fsp3) is 0. The minimum absolute atomic E-state index is 0.745. The number of halogens is 2. The van der Waals surface area contributed by atoms with Crippen LogP contribution in [-0.4, -0.2) is 0 Å². The van der Waals surface area contributed by atoms with Crippen molar-refractivity contribution in [1.29, 1.82) is 0 Å². The summed E-state index contributed by atoms with van der Waals surface area (Å²) in [5, 5.41) is 2.72. The summed E-state index contributed by atoms with van der Waals surface area (Å²) in [5.74, 6) is 0. The molecule has 1 heterocycles. The second-order valence-electron chi connectivity index (χ2n) is 2.61. The Morgan fingerprint density at radius 3 is 2.15 bits per heavy atom. The van der Waals surface area contributed by atoms with Crippen LogP contribution in [0.4, 0.5) is 0 Å². The lowest BCUT2D eigenvalue weighted by molar-refractivity contribution is 1.67. The number of rotatable bonds is 1. The molecule has 0 bridgehead atoms. The van der Waals surface area contributed by atoms with Crippen molar-refractivity contribution in [3.05, 3.63) is 45.1 Å². The molecule has 0 saturated heterocycles. The third kappa shape index (κ3) is 1.88. The van der Waals surface area contributed by atoms with Gasteiger partial charge >= 0.3 is 0 Å². The van der Waals surface area contributed by atoms with E-state index in [9.17, 15) is 0 Å². The quantitative estimate of drug-likeness (QED) is 0.663. The van der Waals surface area contributed by atoms with Gasteiger partial charge in [0.1, 0.15) is 4.34 Å². The molecule has 66 valence electrons. The van der Waals surface area contributed by atoms with Crippen molar-refractivity contribution in [3.8, 4) is 11.1 Å². The standard InChI is InChI=1S/C10H6Cl2S/c11-8-3-1-7(2-4-8)9-5-6-13-10(9)12/h1-6H.